The summed E-state index contributed by atoms with van der Waals surface area (Å²) in [7, 11) is -3.81. The number of nitrogens with one attached hydrogen (secondary N) is 1. The van der Waals surface area contributed by atoms with Gasteiger partial charge in [-0.05, 0) is 54.5 Å². The van der Waals surface area contributed by atoms with Crippen molar-refractivity contribution in [1.29, 1.82) is 0 Å². The molecular formula is C20H22F3NO3S. The van der Waals surface area contributed by atoms with Gasteiger partial charge in [-0.25, -0.2) is 13.1 Å². The van der Waals surface area contributed by atoms with Gasteiger partial charge in [-0.15, -0.1) is 13.2 Å². The Bertz CT molecular complexity index is 868. The number of hydrogen-bond acceptors (Lipinski definition) is 3. The highest BCUT2D eigenvalue weighted by atomic mass is 32.2. The predicted molar refractivity (Wildman–Crippen MR) is 99.5 cm³/mol. The molecule has 2 aromatic carbocycles. The van der Waals surface area contributed by atoms with Crippen molar-refractivity contribution < 1.29 is 26.3 Å². The van der Waals surface area contributed by atoms with E-state index in [1.807, 2.05) is 18.2 Å². The van der Waals surface area contributed by atoms with Crippen LogP contribution >= 0.6 is 0 Å². The zero-order chi connectivity index (χ0) is 20.2. The number of hydrogen-bond donors (Lipinski definition) is 1. The van der Waals surface area contributed by atoms with Crippen LogP contribution in [-0.4, -0.2) is 21.3 Å². The summed E-state index contributed by atoms with van der Waals surface area (Å²) in [6.45, 7) is 0.294. The molecule has 1 N–H and O–H groups in total. The van der Waals surface area contributed by atoms with Gasteiger partial charge in [0.2, 0.25) is 10.0 Å². The first-order chi connectivity index (χ1) is 13.2. The second-order valence-corrected chi connectivity index (χ2v) is 8.70. The van der Waals surface area contributed by atoms with Gasteiger partial charge in [0.05, 0.1) is 4.90 Å². The number of sulfonamides is 1. The van der Waals surface area contributed by atoms with E-state index in [0.717, 1.165) is 49.9 Å². The smallest absolute Gasteiger partial charge is 0.406 e. The topological polar surface area (TPSA) is 55.4 Å². The third-order valence-corrected chi connectivity index (χ3v) is 6.48. The maximum atomic E-state index is 12.5. The Hall–Kier alpha value is -2.06. The van der Waals surface area contributed by atoms with E-state index in [0.29, 0.717) is 12.5 Å². The number of benzene rings is 2. The van der Waals surface area contributed by atoms with Crippen molar-refractivity contribution in [3.8, 4) is 5.75 Å². The van der Waals surface area contributed by atoms with Crippen LogP contribution in [0, 0.1) is 5.92 Å². The van der Waals surface area contributed by atoms with Crippen LogP contribution in [0.25, 0.3) is 0 Å². The van der Waals surface area contributed by atoms with E-state index < -0.39 is 22.1 Å². The SMILES string of the molecule is O=S(=O)(NC[C@@H]1CCCC[C@H]1c1ccccc1)c1ccc(OC(F)(F)F)cc1. The molecule has 0 radical (unpaired) electrons. The Morgan fingerprint density at radius 3 is 2.25 bits per heavy atom. The first-order valence-corrected chi connectivity index (χ1v) is 10.6. The summed E-state index contributed by atoms with van der Waals surface area (Å²) in [4.78, 5) is -0.0888. The molecule has 0 saturated heterocycles. The fourth-order valence-electron chi connectivity index (χ4n) is 3.71. The quantitative estimate of drug-likeness (QED) is 0.738. The van der Waals surface area contributed by atoms with Gasteiger partial charge in [0, 0.05) is 6.54 Å². The Kier molecular flexibility index (Phi) is 6.30. The van der Waals surface area contributed by atoms with Crippen LogP contribution in [0.1, 0.15) is 37.2 Å². The maximum absolute atomic E-state index is 12.5. The Morgan fingerprint density at radius 2 is 1.61 bits per heavy atom. The average Bonchev–Trinajstić information content (AvgIpc) is 2.66. The molecule has 8 heteroatoms. The molecule has 4 nitrogen and oxygen atoms in total. The molecule has 0 unspecified atom stereocenters. The molecule has 0 aliphatic heterocycles. The van der Waals surface area contributed by atoms with E-state index in [-0.39, 0.29) is 10.8 Å². The standard InChI is InChI=1S/C20H22F3NO3S/c21-20(22,23)27-17-10-12-18(13-11-17)28(25,26)24-14-16-8-4-5-9-19(16)15-6-2-1-3-7-15/h1-3,6-7,10-13,16,19,24H,4-5,8-9,14H2/t16-,19-/m0/s1. The molecule has 28 heavy (non-hydrogen) atoms. The molecule has 0 heterocycles. The fourth-order valence-corrected chi connectivity index (χ4v) is 4.81. The van der Waals surface area contributed by atoms with Crippen LogP contribution in [0.15, 0.2) is 59.5 Å². The van der Waals surface area contributed by atoms with Gasteiger partial charge in [0.25, 0.3) is 0 Å². The van der Waals surface area contributed by atoms with Crippen LogP contribution < -0.4 is 9.46 Å². The molecule has 0 bridgehead atoms. The summed E-state index contributed by atoms with van der Waals surface area (Å²) < 4.78 is 68.2. The Balaban J connectivity index is 1.66. The predicted octanol–water partition coefficient (Wildman–Crippen LogP) is 4.84. The number of halogens is 3. The van der Waals surface area contributed by atoms with Crippen molar-refractivity contribution in [2.24, 2.45) is 5.92 Å². The number of rotatable bonds is 6. The minimum atomic E-state index is -4.81. The number of ether oxygens (including phenoxy) is 1. The van der Waals surface area contributed by atoms with Crippen LogP contribution in [0.4, 0.5) is 13.2 Å². The Labute approximate surface area is 162 Å². The van der Waals surface area contributed by atoms with Gasteiger partial charge in [0.1, 0.15) is 5.75 Å². The van der Waals surface area contributed by atoms with Crippen molar-refractivity contribution in [3.05, 3.63) is 60.2 Å². The lowest BCUT2D eigenvalue weighted by Crippen LogP contribution is -2.33. The van der Waals surface area contributed by atoms with E-state index >= 15 is 0 Å². The molecule has 1 fully saturated rings. The third kappa shape index (κ3) is 5.48. The van der Waals surface area contributed by atoms with Gasteiger partial charge >= 0.3 is 6.36 Å². The van der Waals surface area contributed by atoms with Crippen molar-refractivity contribution >= 4 is 10.0 Å². The first-order valence-electron chi connectivity index (χ1n) is 9.15. The molecule has 1 aliphatic carbocycles. The highest BCUT2D eigenvalue weighted by molar-refractivity contribution is 7.89. The van der Waals surface area contributed by atoms with Crippen LogP contribution in [0.5, 0.6) is 5.75 Å². The molecule has 2 atom stereocenters. The summed E-state index contributed by atoms with van der Waals surface area (Å²) >= 11 is 0. The van der Waals surface area contributed by atoms with Crippen molar-refractivity contribution in [1.82, 2.24) is 4.72 Å². The summed E-state index contributed by atoms with van der Waals surface area (Å²) in [5.74, 6) is 0.0156. The lowest BCUT2D eigenvalue weighted by Gasteiger charge is -2.32. The Morgan fingerprint density at radius 1 is 0.964 bits per heavy atom. The average molecular weight is 413 g/mol. The molecule has 3 rings (SSSR count). The highest BCUT2D eigenvalue weighted by Gasteiger charge is 2.31. The van der Waals surface area contributed by atoms with Gasteiger partial charge in [0.15, 0.2) is 0 Å². The van der Waals surface area contributed by atoms with E-state index in [2.05, 4.69) is 21.6 Å². The van der Waals surface area contributed by atoms with Gasteiger partial charge in [-0.2, -0.15) is 0 Å². The minimum Gasteiger partial charge on any atom is -0.406 e. The normalized spacial score (nSPS) is 20.7. The van der Waals surface area contributed by atoms with E-state index in [1.165, 1.54) is 5.56 Å². The van der Waals surface area contributed by atoms with Gasteiger partial charge in [-0.3, -0.25) is 0 Å². The molecule has 1 saturated carbocycles. The van der Waals surface area contributed by atoms with Crippen molar-refractivity contribution in [2.75, 3.05) is 6.54 Å². The van der Waals surface area contributed by atoms with E-state index in [1.54, 1.807) is 0 Å². The summed E-state index contributed by atoms with van der Waals surface area (Å²) in [6, 6.07) is 14.3. The molecule has 0 aromatic heterocycles. The largest absolute Gasteiger partial charge is 0.573 e. The molecule has 1 aliphatic rings. The summed E-state index contributed by atoms with van der Waals surface area (Å²) in [5.41, 5.74) is 1.21. The second-order valence-electron chi connectivity index (χ2n) is 6.93. The summed E-state index contributed by atoms with van der Waals surface area (Å²) in [6.07, 6.45) is -0.699. The zero-order valence-electron chi connectivity index (χ0n) is 15.2. The fraction of sp³-hybridized carbons (Fsp3) is 0.400. The monoisotopic (exact) mass is 413 g/mol. The molecule has 2 aromatic rings. The molecular weight excluding hydrogens is 391 g/mol. The third-order valence-electron chi connectivity index (χ3n) is 5.04. The lowest BCUT2D eigenvalue weighted by atomic mass is 9.75. The molecule has 0 spiro atoms. The lowest BCUT2D eigenvalue weighted by molar-refractivity contribution is -0.274. The molecule has 0 amide bonds. The van der Waals surface area contributed by atoms with Gasteiger partial charge < -0.3 is 4.74 Å². The maximum Gasteiger partial charge on any atom is 0.573 e. The second kappa shape index (κ2) is 8.53. The minimum absolute atomic E-state index is 0.0888. The molecule has 152 valence electrons. The van der Waals surface area contributed by atoms with Crippen LogP contribution in [0.2, 0.25) is 0 Å². The van der Waals surface area contributed by atoms with Gasteiger partial charge in [-0.1, -0.05) is 43.2 Å². The first kappa shape index (κ1) is 20.7. The summed E-state index contributed by atoms with van der Waals surface area (Å²) in [5, 5.41) is 0. The zero-order valence-corrected chi connectivity index (χ0v) is 16.0. The highest BCUT2D eigenvalue weighted by Crippen LogP contribution is 2.37. The van der Waals surface area contributed by atoms with Crippen LogP contribution in [0.3, 0.4) is 0 Å². The van der Waals surface area contributed by atoms with Crippen LogP contribution in [-0.2, 0) is 10.0 Å². The number of alkyl halides is 3. The van der Waals surface area contributed by atoms with E-state index in [9.17, 15) is 21.6 Å². The van der Waals surface area contributed by atoms with Crippen molar-refractivity contribution in [3.63, 3.8) is 0 Å². The van der Waals surface area contributed by atoms with E-state index in [4.69, 9.17) is 0 Å². The van der Waals surface area contributed by atoms with Crippen molar-refractivity contribution in [2.45, 2.75) is 42.9 Å².